The molecule has 0 aliphatic rings. The van der Waals surface area contributed by atoms with Gasteiger partial charge in [-0.15, -0.1) is 0 Å². The van der Waals surface area contributed by atoms with Gasteiger partial charge in [0, 0.05) is 8.81 Å². The van der Waals surface area contributed by atoms with Gasteiger partial charge in [-0.3, -0.25) is 0 Å². The zero-order chi connectivity index (χ0) is 8.41. The standard InChI is InChI=1S/C2H4F3O3PS/c1-9-8-10(6,7)2(3,4)5/h9H,1H3. The average Bonchev–Trinajstić information content (AvgIpc) is 1.61. The highest BCUT2D eigenvalue weighted by atomic mass is 32.2. The van der Waals surface area contributed by atoms with Gasteiger partial charge in [0.15, 0.2) is 0 Å². The molecule has 0 spiro atoms. The maximum Gasteiger partial charge on any atom is 0.523 e. The molecule has 3 nitrogen and oxygen atoms in total. The summed E-state index contributed by atoms with van der Waals surface area (Å²) in [6.45, 7) is 1.18. The number of alkyl halides is 3. The minimum absolute atomic E-state index is 0.725. The quantitative estimate of drug-likeness (QED) is 0.490. The van der Waals surface area contributed by atoms with Crippen LogP contribution in [0.25, 0.3) is 0 Å². The lowest BCUT2D eigenvalue weighted by atomic mass is 11.6. The lowest BCUT2D eigenvalue weighted by Crippen LogP contribution is -2.22. The predicted molar refractivity (Wildman–Crippen MR) is 30.3 cm³/mol. The first kappa shape index (κ1) is 10.1. The van der Waals surface area contributed by atoms with Gasteiger partial charge in [0.25, 0.3) is 0 Å². The van der Waals surface area contributed by atoms with Crippen molar-refractivity contribution in [1.29, 1.82) is 0 Å². The second-order valence-electron chi connectivity index (χ2n) is 1.19. The highest BCUT2D eigenvalue weighted by molar-refractivity contribution is 7.90. The first-order valence-corrected chi connectivity index (χ1v) is 4.79. The van der Waals surface area contributed by atoms with Crippen molar-refractivity contribution in [2.24, 2.45) is 0 Å². The number of halogens is 3. The molecule has 0 amide bonds. The van der Waals surface area contributed by atoms with Crippen LogP contribution >= 0.6 is 8.81 Å². The maximum absolute atomic E-state index is 11.3. The van der Waals surface area contributed by atoms with Crippen LogP contribution in [0, 0.1) is 0 Å². The van der Waals surface area contributed by atoms with Crippen molar-refractivity contribution < 1.29 is 25.6 Å². The Labute approximate surface area is 57.6 Å². The topological polar surface area (TPSA) is 43.4 Å². The molecule has 0 radical (unpaired) electrons. The Morgan fingerprint density at radius 1 is 1.40 bits per heavy atom. The van der Waals surface area contributed by atoms with Gasteiger partial charge in [-0.2, -0.15) is 21.6 Å². The van der Waals surface area contributed by atoms with E-state index >= 15 is 0 Å². The van der Waals surface area contributed by atoms with Crippen LogP contribution in [0.1, 0.15) is 0 Å². The van der Waals surface area contributed by atoms with Crippen molar-refractivity contribution in [1.82, 2.24) is 0 Å². The molecule has 0 bridgehead atoms. The Balaban J connectivity index is 4.44. The van der Waals surface area contributed by atoms with Crippen LogP contribution in [0.15, 0.2) is 0 Å². The van der Waals surface area contributed by atoms with Crippen LogP contribution in [-0.4, -0.2) is 20.6 Å². The molecule has 0 saturated heterocycles. The molecule has 0 aliphatic heterocycles. The number of hydrogen-bond donors (Lipinski definition) is 0. The third kappa shape index (κ3) is 2.40. The minimum atomic E-state index is -5.34. The molecule has 0 rings (SSSR count). The SMILES string of the molecule is CPOS(=O)(=O)C(F)(F)F. The van der Waals surface area contributed by atoms with Crippen LogP contribution < -0.4 is 0 Å². The van der Waals surface area contributed by atoms with Crippen molar-refractivity contribution >= 4 is 18.9 Å². The van der Waals surface area contributed by atoms with E-state index in [1.54, 1.807) is 0 Å². The molecular weight excluding hydrogens is 192 g/mol. The van der Waals surface area contributed by atoms with E-state index in [2.05, 4.69) is 3.97 Å². The zero-order valence-electron chi connectivity index (χ0n) is 4.77. The summed E-state index contributed by atoms with van der Waals surface area (Å²) in [6.07, 6.45) is 0. The van der Waals surface area contributed by atoms with Crippen LogP contribution in [0.2, 0.25) is 0 Å². The van der Waals surface area contributed by atoms with Gasteiger partial charge in [-0.25, -0.2) is 3.97 Å². The summed E-state index contributed by atoms with van der Waals surface area (Å²) in [4.78, 5) is 0. The van der Waals surface area contributed by atoms with Crippen molar-refractivity contribution in [3.63, 3.8) is 0 Å². The average molecular weight is 196 g/mol. The summed E-state index contributed by atoms with van der Waals surface area (Å²) in [5.41, 5.74) is -5.30. The molecule has 0 aromatic rings. The van der Waals surface area contributed by atoms with Gasteiger partial charge in [0.1, 0.15) is 0 Å². The van der Waals surface area contributed by atoms with E-state index in [1.165, 1.54) is 6.66 Å². The lowest BCUT2D eigenvalue weighted by molar-refractivity contribution is -0.0495. The van der Waals surface area contributed by atoms with E-state index in [-0.39, 0.29) is 0 Å². The van der Waals surface area contributed by atoms with Gasteiger partial charge in [0.2, 0.25) is 0 Å². The molecule has 0 N–H and O–H groups in total. The van der Waals surface area contributed by atoms with E-state index in [0.717, 1.165) is 0 Å². The highest BCUT2D eigenvalue weighted by Gasteiger charge is 2.47. The van der Waals surface area contributed by atoms with E-state index < -0.39 is 24.4 Å². The molecule has 8 heteroatoms. The summed E-state index contributed by atoms with van der Waals surface area (Å²) < 4.78 is 57.2. The Morgan fingerprint density at radius 3 is 1.90 bits per heavy atom. The fourth-order valence-corrected chi connectivity index (χ4v) is 1.41. The Morgan fingerprint density at radius 2 is 1.80 bits per heavy atom. The molecule has 0 saturated carbocycles. The summed E-state index contributed by atoms with van der Waals surface area (Å²) in [6, 6.07) is 0. The molecule has 0 aromatic carbocycles. The molecule has 0 heterocycles. The Bertz CT molecular complexity index is 194. The summed E-state index contributed by atoms with van der Waals surface area (Å²) in [5.74, 6) is 0. The molecule has 62 valence electrons. The van der Waals surface area contributed by atoms with Crippen LogP contribution in [-0.2, 0) is 14.1 Å². The largest absolute Gasteiger partial charge is 0.523 e. The second-order valence-corrected chi connectivity index (χ2v) is 3.63. The second kappa shape index (κ2) is 3.02. The fourth-order valence-electron chi connectivity index (χ4n) is 0.157. The summed E-state index contributed by atoms with van der Waals surface area (Å²) >= 11 is 0. The normalized spacial score (nSPS) is 14.8. The highest BCUT2D eigenvalue weighted by Crippen LogP contribution is 2.28. The van der Waals surface area contributed by atoms with Crippen molar-refractivity contribution in [3.8, 4) is 0 Å². The molecule has 1 unspecified atom stereocenters. The summed E-state index contributed by atoms with van der Waals surface area (Å²) in [7, 11) is -6.06. The first-order chi connectivity index (χ1) is 4.31. The van der Waals surface area contributed by atoms with Crippen LogP contribution in [0.4, 0.5) is 13.2 Å². The van der Waals surface area contributed by atoms with Gasteiger partial charge >= 0.3 is 15.6 Å². The minimum Gasteiger partial charge on any atom is -0.244 e. The van der Waals surface area contributed by atoms with Crippen LogP contribution in [0.3, 0.4) is 0 Å². The van der Waals surface area contributed by atoms with E-state index in [4.69, 9.17) is 0 Å². The molecular formula is C2H4F3O3PS. The first-order valence-electron chi connectivity index (χ1n) is 1.98. The third-order valence-corrected chi connectivity index (χ3v) is 2.59. The monoisotopic (exact) mass is 196 g/mol. The Hall–Kier alpha value is 0.130. The van der Waals surface area contributed by atoms with Crippen LogP contribution in [0.5, 0.6) is 0 Å². The maximum atomic E-state index is 11.3. The third-order valence-electron chi connectivity index (χ3n) is 0.477. The molecule has 10 heavy (non-hydrogen) atoms. The van der Waals surface area contributed by atoms with Crippen molar-refractivity contribution in [2.75, 3.05) is 6.66 Å². The van der Waals surface area contributed by atoms with Gasteiger partial charge < -0.3 is 0 Å². The van der Waals surface area contributed by atoms with E-state index in [0.29, 0.717) is 0 Å². The molecule has 0 aromatic heterocycles. The molecule has 1 atom stereocenters. The smallest absolute Gasteiger partial charge is 0.244 e. The Kier molecular flexibility index (Phi) is 3.06. The van der Waals surface area contributed by atoms with Gasteiger partial charge in [0.05, 0.1) is 0 Å². The molecule has 0 fully saturated rings. The zero-order valence-corrected chi connectivity index (χ0v) is 6.58. The van der Waals surface area contributed by atoms with Crippen molar-refractivity contribution in [2.45, 2.75) is 5.51 Å². The van der Waals surface area contributed by atoms with Crippen molar-refractivity contribution in [3.05, 3.63) is 0 Å². The molecule has 0 aliphatic carbocycles. The number of hydrogen-bond acceptors (Lipinski definition) is 3. The summed E-state index contributed by atoms with van der Waals surface area (Å²) in [5, 5.41) is 0. The predicted octanol–water partition coefficient (Wildman–Crippen LogP) is 1.08. The van der Waals surface area contributed by atoms with E-state index in [1.807, 2.05) is 0 Å². The van der Waals surface area contributed by atoms with E-state index in [9.17, 15) is 21.6 Å². The fraction of sp³-hybridized carbons (Fsp3) is 1.00. The van der Waals surface area contributed by atoms with Gasteiger partial charge in [-0.1, -0.05) is 0 Å². The number of rotatable bonds is 2. The lowest BCUT2D eigenvalue weighted by Gasteiger charge is -2.04. The van der Waals surface area contributed by atoms with Gasteiger partial charge in [-0.05, 0) is 6.66 Å².